The molecule has 7 heavy (non-hydrogen) atoms. The molecule has 0 spiro atoms. The molecule has 0 aliphatic heterocycles. The monoisotopic (exact) mass is 238 g/mol. The van der Waals surface area contributed by atoms with Gasteiger partial charge in [0.05, 0.1) is 0 Å². The summed E-state index contributed by atoms with van der Waals surface area (Å²) in [6.07, 6.45) is 0. The van der Waals surface area contributed by atoms with Gasteiger partial charge in [-0.3, -0.25) is 0 Å². The average Bonchev–Trinajstić information content (AvgIpc) is 0.811. The molecule has 0 aliphatic rings. The van der Waals surface area contributed by atoms with E-state index in [1.165, 1.54) is 0 Å². The summed E-state index contributed by atoms with van der Waals surface area (Å²) in [5, 5.41) is 0. The van der Waals surface area contributed by atoms with Crippen LogP contribution in [-0.2, 0) is 25.3 Å². The van der Waals surface area contributed by atoms with Gasteiger partial charge >= 0.3 is 132 Å². The third-order valence-electron chi connectivity index (χ3n) is 0. The van der Waals surface area contributed by atoms with Gasteiger partial charge in [-0.15, -0.1) is 0 Å². The summed E-state index contributed by atoms with van der Waals surface area (Å²) < 4.78 is 25.8. The first-order valence-corrected chi connectivity index (χ1v) is 3.24. The average molecular weight is 238 g/mol. The third kappa shape index (κ3) is 43.6. The normalized spacial score (nSPS) is 3.57. The summed E-state index contributed by atoms with van der Waals surface area (Å²) in [5.74, 6) is 0. The molecule has 0 bridgehead atoms. The Labute approximate surface area is 132 Å². The molecule has 0 aromatic heterocycles. The summed E-state index contributed by atoms with van der Waals surface area (Å²) in [4.78, 5) is 0. The van der Waals surface area contributed by atoms with Crippen molar-refractivity contribution in [2.24, 2.45) is 0 Å². The Morgan fingerprint density at radius 3 is 1.14 bits per heavy atom. The Bertz CT molecular complexity index is 61.3. The van der Waals surface area contributed by atoms with Crippen molar-refractivity contribution in [1.82, 2.24) is 0 Å². The van der Waals surface area contributed by atoms with E-state index < -0.39 is 18.8 Å². The fourth-order valence-corrected chi connectivity index (χ4v) is 0. The van der Waals surface area contributed by atoms with Gasteiger partial charge in [-0.25, -0.2) is 0 Å². The Kier molecular flexibility index (Phi) is 52.1. The van der Waals surface area contributed by atoms with Gasteiger partial charge in [0.25, 0.3) is 0 Å². The molecular formula is FK2NbO3. The molecule has 0 saturated heterocycles. The van der Waals surface area contributed by atoms with Crippen LogP contribution < -0.4 is 111 Å². The van der Waals surface area contributed by atoms with Gasteiger partial charge in [-0.05, 0) is 0 Å². The number of hydrogen-bond acceptors (Lipinski definition) is 3. The summed E-state index contributed by atoms with van der Waals surface area (Å²) in [5.41, 5.74) is 0. The molecular weight excluding hydrogens is 238 g/mol. The summed E-state index contributed by atoms with van der Waals surface area (Å²) in [7, 11) is 0. The molecule has 0 aromatic rings. The number of halogens is 1. The zero-order valence-corrected chi connectivity index (χ0v) is 12.5. The summed E-state index contributed by atoms with van der Waals surface area (Å²) in [6, 6.07) is 0. The van der Waals surface area contributed by atoms with Crippen LogP contribution in [0, 0.1) is 0 Å². The van der Waals surface area contributed by atoms with Gasteiger partial charge in [0.15, 0.2) is 0 Å². The van der Waals surface area contributed by atoms with Crippen LogP contribution in [0.1, 0.15) is 0 Å². The van der Waals surface area contributed by atoms with Crippen LogP contribution >= 0.6 is 0 Å². The summed E-state index contributed by atoms with van der Waals surface area (Å²) in [6.45, 7) is 0. The van der Waals surface area contributed by atoms with E-state index in [0.29, 0.717) is 0 Å². The van der Waals surface area contributed by atoms with Crippen molar-refractivity contribution < 1.29 is 136 Å². The van der Waals surface area contributed by atoms with E-state index in [9.17, 15) is 0 Å². The van der Waals surface area contributed by atoms with E-state index in [2.05, 4.69) is 0 Å². The van der Waals surface area contributed by atoms with E-state index in [1.807, 2.05) is 0 Å². The molecule has 0 saturated carbocycles. The molecule has 0 fully saturated rings. The Morgan fingerprint density at radius 2 is 1.14 bits per heavy atom. The van der Waals surface area contributed by atoms with E-state index in [-0.39, 0.29) is 107 Å². The number of rotatable bonds is 0. The standard InChI is InChI=1S/FH.2K.Nb.3O/h1H;;;;;;/q;2*+1;;;;-1/p-1. The van der Waals surface area contributed by atoms with Crippen molar-refractivity contribution in [2.75, 3.05) is 0 Å². The molecule has 0 aromatic carbocycles. The van der Waals surface area contributed by atoms with E-state index in [4.69, 9.17) is 10.1 Å². The molecule has 7 heteroatoms. The van der Waals surface area contributed by atoms with Gasteiger partial charge < -0.3 is 4.70 Å². The third-order valence-corrected chi connectivity index (χ3v) is 0. The van der Waals surface area contributed by atoms with Crippen LogP contribution in [0.4, 0.5) is 0 Å². The first-order chi connectivity index (χ1) is 1.73. The molecule has 3 nitrogen and oxygen atoms in total. The quantitative estimate of drug-likeness (QED) is 0.394. The van der Waals surface area contributed by atoms with Crippen molar-refractivity contribution >= 4 is 0 Å². The fraction of sp³-hybridized carbons (Fsp3) is 0. The Hall–Kier alpha value is 3.50. The zero-order chi connectivity index (χ0) is 3.58. The molecule has 0 unspecified atom stereocenters. The van der Waals surface area contributed by atoms with Gasteiger partial charge in [-0.2, -0.15) is 0 Å². The predicted molar refractivity (Wildman–Crippen MR) is 1.37 cm³/mol. The van der Waals surface area contributed by atoms with Crippen molar-refractivity contribution in [3.8, 4) is 0 Å². The van der Waals surface area contributed by atoms with Crippen LogP contribution in [0.3, 0.4) is 0 Å². The molecule has 0 heterocycles. The van der Waals surface area contributed by atoms with Crippen molar-refractivity contribution in [2.45, 2.75) is 0 Å². The first kappa shape index (κ1) is 22.4. The van der Waals surface area contributed by atoms with Crippen LogP contribution in [0.5, 0.6) is 0 Å². The number of hydrogen-bond donors (Lipinski definition) is 0. The maximum atomic E-state index is 8.60. The molecule has 0 atom stereocenters. The second-order valence-corrected chi connectivity index (χ2v) is 1.32. The van der Waals surface area contributed by atoms with E-state index in [0.717, 1.165) is 0 Å². The van der Waals surface area contributed by atoms with Crippen LogP contribution in [0.2, 0.25) is 0 Å². The minimum atomic E-state index is -4.20. The summed E-state index contributed by atoms with van der Waals surface area (Å²) >= 11 is -4.20. The van der Waals surface area contributed by atoms with Crippen LogP contribution in [-0.4, -0.2) is 0 Å². The topological polar surface area (TPSA) is 57.2 Å². The molecule has 0 rings (SSSR count). The molecule has 32 valence electrons. The van der Waals surface area contributed by atoms with Crippen molar-refractivity contribution in [3.63, 3.8) is 0 Å². The fourth-order valence-electron chi connectivity index (χ4n) is 0. The SMILES string of the molecule is [F-].[K+].[K+].[O]=[Nb](=[O])[O-]. The first-order valence-electron chi connectivity index (χ1n) is 0.548. The zero-order valence-electron chi connectivity index (χ0n) is 4.05. The molecule has 0 radical (unpaired) electrons. The molecule has 0 amide bonds. The Balaban J connectivity index is -0.0000000150. The van der Waals surface area contributed by atoms with E-state index in [1.54, 1.807) is 0 Å². The van der Waals surface area contributed by atoms with Gasteiger partial charge in [0, 0.05) is 0 Å². The van der Waals surface area contributed by atoms with Crippen LogP contribution in [0.25, 0.3) is 0 Å². The van der Waals surface area contributed by atoms with Crippen molar-refractivity contribution in [1.29, 1.82) is 0 Å². The Morgan fingerprint density at radius 1 is 1.14 bits per heavy atom. The molecule has 0 aliphatic carbocycles. The van der Waals surface area contributed by atoms with E-state index >= 15 is 0 Å². The second kappa shape index (κ2) is 16.2. The van der Waals surface area contributed by atoms with Gasteiger partial charge in [0.2, 0.25) is 0 Å². The second-order valence-electron chi connectivity index (χ2n) is 0.224. The van der Waals surface area contributed by atoms with Gasteiger partial charge in [0.1, 0.15) is 0 Å². The van der Waals surface area contributed by atoms with Crippen molar-refractivity contribution in [3.05, 3.63) is 0 Å². The predicted octanol–water partition coefficient (Wildman–Crippen LogP) is -10.4. The minimum absolute atomic E-state index is 0. The van der Waals surface area contributed by atoms with Crippen LogP contribution in [0.15, 0.2) is 0 Å². The maximum absolute atomic E-state index is 8.60. The van der Waals surface area contributed by atoms with Gasteiger partial charge in [-0.1, -0.05) is 0 Å². The molecule has 0 N–H and O–H groups in total.